The van der Waals surface area contributed by atoms with Crippen LogP contribution in [0.25, 0.3) is 16.5 Å². The molecule has 2 rings (SSSR count). The maximum atomic E-state index is 10.2. The molecule has 0 aliphatic rings. The smallest absolute Gasteiger partial charge is 0.142 e. The van der Waals surface area contributed by atoms with Gasteiger partial charge in [0.2, 0.25) is 0 Å². The Morgan fingerprint density at radius 2 is 1.81 bits per heavy atom. The molecule has 16 heavy (non-hydrogen) atoms. The normalized spacial score (nSPS) is 10.8. The van der Waals surface area contributed by atoms with Gasteiger partial charge in [-0.1, -0.05) is 28.1 Å². The summed E-state index contributed by atoms with van der Waals surface area (Å²) in [7, 11) is 0. The number of rotatable bonds is 3. The van der Waals surface area contributed by atoms with Gasteiger partial charge >= 0.3 is 0 Å². The molecular formula is C13H9BrOS. The van der Waals surface area contributed by atoms with Crippen molar-refractivity contribution in [2.75, 3.05) is 0 Å². The molecule has 1 nitrogen and oxygen atoms in total. The zero-order valence-corrected chi connectivity index (χ0v) is 10.8. The van der Waals surface area contributed by atoms with Crippen molar-refractivity contribution in [3.63, 3.8) is 0 Å². The molecule has 0 aliphatic heterocycles. The van der Waals surface area contributed by atoms with Crippen LogP contribution in [0, 0.1) is 0 Å². The third-order valence-corrected chi connectivity index (χ3v) is 3.72. The summed E-state index contributed by atoms with van der Waals surface area (Å²) in [6, 6.07) is 12.3. The molecule has 0 aliphatic carbocycles. The molecule has 80 valence electrons. The molecule has 3 heteroatoms. The van der Waals surface area contributed by atoms with Crippen LogP contribution in [0.15, 0.2) is 46.9 Å². The van der Waals surface area contributed by atoms with E-state index in [1.54, 1.807) is 11.3 Å². The van der Waals surface area contributed by atoms with Crippen molar-refractivity contribution in [3.05, 3.63) is 51.8 Å². The Bertz CT molecular complexity index is 511. The fourth-order valence-electron chi connectivity index (χ4n) is 1.35. The van der Waals surface area contributed by atoms with Crippen molar-refractivity contribution in [2.45, 2.75) is 0 Å². The SMILES string of the molecule is O=CC=Cc1ccc(-c2ccc(Br)cc2)s1. The second-order valence-corrected chi connectivity index (χ2v) is 5.24. The molecule has 0 atom stereocenters. The van der Waals surface area contributed by atoms with Gasteiger partial charge in [0.25, 0.3) is 0 Å². The summed E-state index contributed by atoms with van der Waals surface area (Å²) in [5.41, 5.74) is 1.19. The molecule has 0 amide bonds. The van der Waals surface area contributed by atoms with Crippen molar-refractivity contribution < 1.29 is 4.79 Å². The number of allylic oxidation sites excluding steroid dienone is 1. The molecule has 0 unspecified atom stereocenters. The highest BCUT2D eigenvalue weighted by Gasteiger charge is 2.00. The highest BCUT2D eigenvalue weighted by atomic mass is 79.9. The third-order valence-electron chi connectivity index (χ3n) is 2.09. The average molecular weight is 293 g/mol. The van der Waals surface area contributed by atoms with Crippen LogP contribution in [0.4, 0.5) is 0 Å². The fraction of sp³-hybridized carbons (Fsp3) is 0. The highest BCUT2D eigenvalue weighted by molar-refractivity contribution is 9.10. The highest BCUT2D eigenvalue weighted by Crippen LogP contribution is 2.29. The summed E-state index contributed by atoms with van der Waals surface area (Å²) >= 11 is 5.08. The van der Waals surface area contributed by atoms with E-state index < -0.39 is 0 Å². The van der Waals surface area contributed by atoms with Crippen LogP contribution in [0.2, 0.25) is 0 Å². The molecule has 2 aromatic rings. The second-order valence-electron chi connectivity index (χ2n) is 3.20. The van der Waals surface area contributed by atoms with E-state index in [1.165, 1.54) is 16.5 Å². The standard InChI is InChI=1S/C13H9BrOS/c14-11-5-3-10(4-6-11)13-8-7-12(16-13)2-1-9-15/h1-9H. The molecule has 0 saturated carbocycles. The minimum absolute atomic E-state index is 0.791. The maximum absolute atomic E-state index is 10.2. The summed E-state index contributed by atoms with van der Waals surface area (Å²) in [6.07, 6.45) is 4.12. The third kappa shape index (κ3) is 2.68. The maximum Gasteiger partial charge on any atom is 0.142 e. The molecule has 1 heterocycles. The molecule has 0 fully saturated rings. The van der Waals surface area contributed by atoms with E-state index in [0.717, 1.165) is 15.6 Å². The quantitative estimate of drug-likeness (QED) is 0.606. The first kappa shape index (κ1) is 11.3. The van der Waals surface area contributed by atoms with E-state index in [9.17, 15) is 4.79 Å². The number of thiophene rings is 1. The predicted molar refractivity (Wildman–Crippen MR) is 72.6 cm³/mol. The molecule has 0 bridgehead atoms. The van der Waals surface area contributed by atoms with Gasteiger partial charge in [-0.05, 0) is 42.0 Å². The van der Waals surface area contributed by atoms with Gasteiger partial charge < -0.3 is 0 Å². The monoisotopic (exact) mass is 292 g/mol. The minimum Gasteiger partial charge on any atom is -0.299 e. The van der Waals surface area contributed by atoms with E-state index in [2.05, 4.69) is 34.1 Å². The lowest BCUT2D eigenvalue weighted by Gasteiger charge is -1.96. The zero-order valence-electron chi connectivity index (χ0n) is 8.39. The van der Waals surface area contributed by atoms with E-state index >= 15 is 0 Å². The molecule has 0 spiro atoms. The van der Waals surface area contributed by atoms with Crippen LogP contribution in [-0.4, -0.2) is 6.29 Å². The Hall–Kier alpha value is -1.19. The fourth-order valence-corrected chi connectivity index (χ4v) is 2.54. The molecule has 0 N–H and O–H groups in total. The summed E-state index contributed by atoms with van der Waals surface area (Å²) in [6.45, 7) is 0. The number of hydrogen-bond acceptors (Lipinski definition) is 2. The number of aldehydes is 1. The van der Waals surface area contributed by atoms with Gasteiger partial charge in [-0.25, -0.2) is 0 Å². The van der Waals surface area contributed by atoms with Crippen LogP contribution < -0.4 is 0 Å². The van der Waals surface area contributed by atoms with Crippen LogP contribution >= 0.6 is 27.3 Å². The number of carbonyl (C=O) groups is 1. The molecular weight excluding hydrogens is 284 g/mol. The Labute approximate surface area is 107 Å². The number of hydrogen-bond donors (Lipinski definition) is 0. The zero-order chi connectivity index (χ0) is 11.4. The Kier molecular flexibility index (Phi) is 3.70. The Balaban J connectivity index is 2.27. The van der Waals surface area contributed by atoms with E-state index in [0.29, 0.717) is 0 Å². The van der Waals surface area contributed by atoms with Crippen molar-refractivity contribution in [2.24, 2.45) is 0 Å². The van der Waals surface area contributed by atoms with Gasteiger partial charge in [-0.15, -0.1) is 11.3 Å². The van der Waals surface area contributed by atoms with E-state index in [-0.39, 0.29) is 0 Å². The molecule has 0 radical (unpaired) electrons. The first-order valence-corrected chi connectivity index (χ1v) is 6.38. The number of carbonyl (C=O) groups excluding carboxylic acids is 1. The van der Waals surface area contributed by atoms with Gasteiger partial charge in [-0.2, -0.15) is 0 Å². The van der Waals surface area contributed by atoms with Gasteiger partial charge in [0.05, 0.1) is 0 Å². The molecule has 0 saturated heterocycles. The topological polar surface area (TPSA) is 17.1 Å². The van der Waals surface area contributed by atoms with Crippen LogP contribution in [0.3, 0.4) is 0 Å². The lowest BCUT2D eigenvalue weighted by atomic mass is 10.2. The van der Waals surface area contributed by atoms with Crippen molar-refractivity contribution in [1.29, 1.82) is 0 Å². The second kappa shape index (κ2) is 5.23. The minimum atomic E-state index is 0.791. The molecule has 1 aromatic heterocycles. The lowest BCUT2D eigenvalue weighted by Crippen LogP contribution is -1.70. The predicted octanol–water partition coefficient (Wildman–Crippen LogP) is 4.39. The van der Waals surface area contributed by atoms with Gasteiger partial charge in [-0.3, -0.25) is 4.79 Å². The van der Waals surface area contributed by atoms with Crippen molar-refractivity contribution in [1.82, 2.24) is 0 Å². The Morgan fingerprint density at radius 1 is 1.06 bits per heavy atom. The summed E-state index contributed by atoms with van der Waals surface area (Å²) in [5.74, 6) is 0. The van der Waals surface area contributed by atoms with Crippen LogP contribution in [0.5, 0.6) is 0 Å². The number of benzene rings is 1. The number of halogens is 1. The summed E-state index contributed by atoms with van der Waals surface area (Å²) in [5, 5.41) is 0. The largest absolute Gasteiger partial charge is 0.299 e. The van der Waals surface area contributed by atoms with Crippen LogP contribution in [-0.2, 0) is 4.79 Å². The van der Waals surface area contributed by atoms with Crippen molar-refractivity contribution in [3.8, 4) is 10.4 Å². The van der Waals surface area contributed by atoms with Gasteiger partial charge in [0, 0.05) is 14.2 Å². The lowest BCUT2D eigenvalue weighted by molar-refractivity contribution is -0.104. The van der Waals surface area contributed by atoms with Crippen LogP contribution in [0.1, 0.15) is 4.88 Å². The first-order chi connectivity index (χ1) is 7.79. The average Bonchev–Trinajstić information content (AvgIpc) is 2.76. The Morgan fingerprint density at radius 3 is 2.50 bits per heavy atom. The summed E-state index contributed by atoms with van der Waals surface area (Å²) < 4.78 is 1.08. The summed E-state index contributed by atoms with van der Waals surface area (Å²) in [4.78, 5) is 12.5. The van der Waals surface area contributed by atoms with Gasteiger partial charge in [0.1, 0.15) is 6.29 Å². The molecule has 1 aromatic carbocycles. The van der Waals surface area contributed by atoms with E-state index in [4.69, 9.17) is 0 Å². The first-order valence-electron chi connectivity index (χ1n) is 4.77. The van der Waals surface area contributed by atoms with Crippen molar-refractivity contribution >= 4 is 39.6 Å². The van der Waals surface area contributed by atoms with Gasteiger partial charge in [0.15, 0.2) is 0 Å². The van der Waals surface area contributed by atoms with E-state index in [1.807, 2.05) is 24.3 Å².